The molecule has 0 heterocycles. The van der Waals surface area contributed by atoms with Crippen LogP contribution in [0.3, 0.4) is 0 Å². The molecule has 0 bridgehead atoms. The van der Waals surface area contributed by atoms with E-state index in [1.165, 1.54) is 6.92 Å². The molecule has 7 heteroatoms. The Morgan fingerprint density at radius 1 is 1.35 bits per heavy atom. The zero-order valence-corrected chi connectivity index (χ0v) is 10.6. The van der Waals surface area contributed by atoms with Crippen molar-refractivity contribution in [2.24, 2.45) is 5.92 Å². The number of anilines is 1. The average Bonchev–Trinajstić information content (AvgIpc) is 3.14. The Kier molecular flexibility index (Phi) is 3.39. The van der Waals surface area contributed by atoms with Gasteiger partial charge in [0.05, 0.1) is 11.3 Å². The lowest BCUT2D eigenvalue weighted by atomic mass is 9.95. The largest absolute Gasteiger partial charge is 0.480 e. The molecular weight excluding hydrogens is 278 g/mol. The molecule has 1 aliphatic carbocycles. The number of carboxylic acid groups (broad SMARTS) is 1. The Balaban J connectivity index is 2.28. The minimum atomic E-state index is -4.63. The van der Waals surface area contributed by atoms with E-state index in [0.717, 1.165) is 12.1 Å². The zero-order valence-electron chi connectivity index (χ0n) is 10.6. The van der Waals surface area contributed by atoms with Crippen molar-refractivity contribution < 1.29 is 27.5 Å². The molecule has 110 valence electrons. The Morgan fingerprint density at radius 3 is 2.35 bits per heavy atom. The van der Waals surface area contributed by atoms with Crippen molar-refractivity contribution in [2.45, 2.75) is 31.5 Å². The van der Waals surface area contributed by atoms with Crippen LogP contribution in [0.25, 0.3) is 0 Å². The fraction of sp³-hybridized carbons (Fsp3) is 0.462. The number of hydrogen-bond donors (Lipinski definition) is 2. The van der Waals surface area contributed by atoms with Gasteiger partial charge in [0.2, 0.25) is 0 Å². The van der Waals surface area contributed by atoms with Crippen LogP contribution in [0.5, 0.6) is 0 Å². The second-order valence-corrected chi connectivity index (χ2v) is 5.10. The molecule has 1 unspecified atom stereocenters. The third-order valence-corrected chi connectivity index (χ3v) is 3.53. The smallest absolute Gasteiger partial charge is 0.416 e. The number of alkyl halides is 3. The molecule has 1 fully saturated rings. The van der Waals surface area contributed by atoms with Gasteiger partial charge in [0.25, 0.3) is 0 Å². The second-order valence-electron chi connectivity index (χ2n) is 5.10. The Morgan fingerprint density at radius 2 is 1.95 bits per heavy atom. The molecule has 0 spiro atoms. The summed E-state index contributed by atoms with van der Waals surface area (Å²) < 4.78 is 51.0. The van der Waals surface area contributed by atoms with Crippen molar-refractivity contribution in [3.63, 3.8) is 0 Å². The van der Waals surface area contributed by atoms with Crippen molar-refractivity contribution in [1.29, 1.82) is 0 Å². The maximum Gasteiger partial charge on any atom is 0.416 e. The maximum atomic E-state index is 13.7. The first-order valence-electron chi connectivity index (χ1n) is 6.03. The van der Waals surface area contributed by atoms with E-state index in [1.807, 2.05) is 0 Å². The molecule has 1 aromatic carbocycles. The van der Waals surface area contributed by atoms with Crippen molar-refractivity contribution in [3.05, 3.63) is 29.6 Å². The normalized spacial score (nSPS) is 18.4. The third-order valence-electron chi connectivity index (χ3n) is 3.53. The third kappa shape index (κ3) is 2.71. The fourth-order valence-electron chi connectivity index (χ4n) is 2.06. The van der Waals surface area contributed by atoms with Crippen LogP contribution in [-0.2, 0) is 11.0 Å². The lowest BCUT2D eigenvalue weighted by molar-refractivity contribution is -0.142. The molecule has 1 aliphatic rings. The van der Waals surface area contributed by atoms with Gasteiger partial charge in [-0.15, -0.1) is 0 Å². The molecule has 1 aromatic rings. The molecule has 3 nitrogen and oxygen atoms in total. The molecule has 2 N–H and O–H groups in total. The summed E-state index contributed by atoms with van der Waals surface area (Å²) >= 11 is 0. The van der Waals surface area contributed by atoms with E-state index in [4.69, 9.17) is 0 Å². The summed E-state index contributed by atoms with van der Waals surface area (Å²) in [5, 5.41) is 11.7. The number of hydrogen-bond acceptors (Lipinski definition) is 2. The summed E-state index contributed by atoms with van der Waals surface area (Å²) in [7, 11) is 0. The highest BCUT2D eigenvalue weighted by atomic mass is 19.4. The first kappa shape index (κ1) is 14.6. The van der Waals surface area contributed by atoms with E-state index in [0.29, 0.717) is 18.9 Å². The highest BCUT2D eigenvalue weighted by molar-refractivity contribution is 5.83. The number of nitrogens with one attached hydrogen (secondary N) is 1. The van der Waals surface area contributed by atoms with E-state index in [2.05, 4.69) is 5.32 Å². The summed E-state index contributed by atoms with van der Waals surface area (Å²) in [6.45, 7) is 1.41. The van der Waals surface area contributed by atoms with Crippen LogP contribution < -0.4 is 5.32 Å². The highest BCUT2D eigenvalue weighted by Crippen LogP contribution is 2.42. The molecule has 0 saturated heterocycles. The van der Waals surface area contributed by atoms with Gasteiger partial charge >= 0.3 is 12.1 Å². The minimum absolute atomic E-state index is 0.151. The molecule has 0 aliphatic heterocycles. The predicted molar refractivity (Wildman–Crippen MR) is 63.8 cm³/mol. The molecule has 20 heavy (non-hydrogen) atoms. The first-order valence-corrected chi connectivity index (χ1v) is 6.03. The number of halogens is 4. The van der Waals surface area contributed by atoms with Gasteiger partial charge in [0.1, 0.15) is 11.4 Å². The molecule has 1 saturated carbocycles. The van der Waals surface area contributed by atoms with Crippen molar-refractivity contribution in [3.8, 4) is 0 Å². The molecular formula is C13H13F4NO2. The summed E-state index contributed by atoms with van der Waals surface area (Å²) in [6, 6.07) is 2.00. The van der Waals surface area contributed by atoms with Gasteiger partial charge in [-0.2, -0.15) is 13.2 Å². The van der Waals surface area contributed by atoms with Gasteiger partial charge in [0, 0.05) is 0 Å². The van der Waals surface area contributed by atoms with Crippen LogP contribution >= 0.6 is 0 Å². The summed E-state index contributed by atoms with van der Waals surface area (Å²) in [6.07, 6.45) is -3.25. The zero-order chi connectivity index (χ0) is 15.1. The lowest BCUT2D eigenvalue weighted by Gasteiger charge is -2.27. The van der Waals surface area contributed by atoms with Gasteiger partial charge in [0.15, 0.2) is 0 Å². The average molecular weight is 291 g/mol. The van der Waals surface area contributed by atoms with E-state index >= 15 is 0 Å². The van der Waals surface area contributed by atoms with E-state index < -0.39 is 29.1 Å². The predicted octanol–water partition coefficient (Wildman–Crippen LogP) is 3.51. The number of carboxylic acids is 1. The number of rotatable bonds is 4. The van der Waals surface area contributed by atoms with E-state index in [1.54, 1.807) is 0 Å². The Hall–Kier alpha value is -1.79. The first-order chi connectivity index (χ1) is 9.14. The summed E-state index contributed by atoms with van der Waals surface area (Å²) in [4.78, 5) is 11.3. The standard InChI is InChI=1S/C13H13F4NO2/c1-12(11(19)20,7-2-3-7)18-10-5-4-8(6-9(10)14)13(15,16)17/h4-7,18H,2-3H2,1H3,(H,19,20). The number of carbonyl (C=O) groups is 1. The maximum absolute atomic E-state index is 13.7. The molecule has 0 amide bonds. The lowest BCUT2D eigenvalue weighted by Crippen LogP contribution is -2.45. The Labute approximate surface area is 112 Å². The van der Waals surface area contributed by atoms with Crippen LogP contribution in [0.15, 0.2) is 18.2 Å². The van der Waals surface area contributed by atoms with Crippen LogP contribution in [0.4, 0.5) is 23.2 Å². The SMILES string of the molecule is CC(Nc1ccc(C(F)(F)F)cc1F)(C(=O)O)C1CC1. The number of benzene rings is 1. The van der Waals surface area contributed by atoms with Gasteiger partial charge in [-0.1, -0.05) is 0 Å². The monoisotopic (exact) mass is 291 g/mol. The summed E-state index contributed by atoms with van der Waals surface area (Å²) in [5.74, 6) is -2.42. The quantitative estimate of drug-likeness (QED) is 0.835. The highest BCUT2D eigenvalue weighted by Gasteiger charge is 2.48. The van der Waals surface area contributed by atoms with Gasteiger partial charge < -0.3 is 10.4 Å². The number of aliphatic carboxylic acids is 1. The van der Waals surface area contributed by atoms with Gasteiger partial charge in [-0.25, -0.2) is 9.18 Å². The van der Waals surface area contributed by atoms with Crippen LogP contribution in [-0.4, -0.2) is 16.6 Å². The van der Waals surface area contributed by atoms with Crippen molar-refractivity contribution in [1.82, 2.24) is 0 Å². The molecule has 0 aromatic heterocycles. The van der Waals surface area contributed by atoms with Crippen molar-refractivity contribution >= 4 is 11.7 Å². The second kappa shape index (κ2) is 4.64. The fourth-order valence-corrected chi connectivity index (χ4v) is 2.06. The molecule has 2 rings (SSSR count). The minimum Gasteiger partial charge on any atom is -0.480 e. The molecule has 0 radical (unpaired) electrons. The Bertz CT molecular complexity index is 540. The van der Waals surface area contributed by atoms with Crippen LogP contribution in [0.1, 0.15) is 25.3 Å². The summed E-state index contributed by atoms with van der Waals surface area (Å²) in [5.41, 5.74) is -2.72. The van der Waals surface area contributed by atoms with Crippen LogP contribution in [0.2, 0.25) is 0 Å². The van der Waals surface area contributed by atoms with Gasteiger partial charge in [-0.3, -0.25) is 0 Å². The van der Waals surface area contributed by atoms with Crippen LogP contribution in [0, 0.1) is 11.7 Å². The molecule has 1 atom stereocenters. The van der Waals surface area contributed by atoms with E-state index in [9.17, 15) is 27.5 Å². The van der Waals surface area contributed by atoms with Gasteiger partial charge in [-0.05, 0) is 43.9 Å². The van der Waals surface area contributed by atoms with Crippen molar-refractivity contribution in [2.75, 3.05) is 5.32 Å². The van der Waals surface area contributed by atoms with E-state index in [-0.39, 0.29) is 11.6 Å². The topological polar surface area (TPSA) is 49.3 Å².